The van der Waals surface area contributed by atoms with Crippen molar-refractivity contribution in [2.75, 3.05) is 7.05 Å². The average molecular weight is 259 g/mol. The van der Waals surface area contributed by atoms with Gasteiger partial charge in [-0.25, -0.2) is 0 Å². The molecule has 1 aromatic carbocycles. The van der Waals surface area contributed by atoms with Crippen molar-refractivity contribution in [3.8, 4) is 0 Å². The third-order valence-corrected chi connectivity index (χ3v) is 4.65. The number of aryl methyl sites for hydroxylation is 2. The fourth-order valence-corrected chi connectivity index (χ4v) is 3.30. The molecule has 1 aliphatic rings. The second-order valence-electron chi connectivity index (χ2n) is 6.25. The van der Waals surface area contributed by atoms with Crippen LogP contribution in [-0.4, -0.2) is 13.1 Å². The average Bonchev–Trinajstić information content (AvgIpc) is 2.46. The normalized spacial score (nSPS) is 18.4. The van der Waals surface area contributed by atoms with E-state index in [1.54, 1.807) is 0 Å². The number of benzene rings is 1. The summed E-state index contributed by atoms with van der Waals surface area (Å²) in [5.74, 6) is 0.976. The molecule has 1 aromatic rings. The first-order chi connectivity index (χ1) is 9.28. The molecule has 2 rings (SSSR count). The number of rotatable bonds is 6. The van der Waals surface area contributed by atoms with E-state index in [1.165, 1.54) is 62.5 Å². The Balaban J connectivity index is 1.76. The number of hydrogen-bond acceptors (Lipinski definition) is 1. The molecule has 1 nitrogen and oxygen atoms in total. The van der Waals surface area contributed by atoms with E-state index < -0.39 is 0 Å². The van der Waals surface area contributed by atoms with Gasteiger partial charge in [-0.05, 0) is 44.7 Å². The number of hydrogen-bond donors (Lipinski definition) is 1. The zero-order valence-corrected chi connectivity index (χ0v) is 12.6. The largest absolute Gasteiger partial charge is 0.317 e. The highest BCUT2D eigenvalue weighted by Gasteiger charge is 2.17. The second-order valence-corrected chi connectivity index (χ2v) is 6.25. The van der Waals surface area contributed by atoms with E-state index in [2.05, 4.69) is 43.6 Å². The predicted molar refractivity (Wildman–Crippen MR) is 83.5 cm³/mol. The Hall–Kier alpha value is -0.820. The first-order valence-electron chi connectivity index (χ1n) is 8.00. The van der Waals surface area contributed by atoms with E-state index in [0.29, 0.717) is 6.04 Å². The van der Waals surface area contributed by atoms with E-state index in [4.69, 9.17) is 0 Å². The lowest BCUT2D eigenvalue weighted by Gasteiger charge is -2.26. The molecule has 0 radical (unpaired) electrons. The Bertz CT molecular complexity index is 348. The Kier molecular flexibility index (Phi) is 5.91. The van der Waals surface area contributed by atoms with Crippen LogP contribution in [0.5, 0.6) is 0 Å². The minimum atomic E-state index is 0.699. The minimum absolute atomic E-state index is 0.699. The van der Waals surface area contributed by atoms with Gasteiger partial charge in [-0.3, -0.25) is 0 Å². The van der Waals surface area contributed by atoms with Crippen molar-refractivity contribution in [1.82, 2.24) is 5.32 Å². The van der Waals surface area contributed by atoms with Gasteiger partial charge >= 0.3 is 0 Å². The Morgan fingerprint density at radius 1 is 1.11 bits per heavy atom. The summed E-state index contributed by atoms with van der Waals surface area (Å²) in [6.07, 6.45) is 11.2. The van der Waals surface area contributed by atoms with Crippen molar-refractivity contribution in [3.05, 3.63) is 35.4 Å². The van der Waals surface area contributed by atoms with Gasteiger partial charge in [0.2, 0.25) is 0 Å². The summed E-state index contributed by atoms with van der Waals surface area (Å²) in [6.45, 7) is 2.16. The third-order valence-electron chi connectivity index (χ3n) is 4.65. The zero-order valence-electron chi connectivity index (χ0n) is 12.6. The van der Waals surface area contributed by atoms with E-state index >= 15 is 0 Å². The maximum Gasteiger partial charge on any atom is 0.00698 e. The molecule has 0 amide bonds. The SMILES string of the molecule is CNC(CCc1ccc(C)cc1)CC1CCCCC1. The first kappa shape index (κ1) is 14.6. The molecular weight excluding hydrogens is 230 g/mol. The van der Waals surface area contributed by atoms with Crippen LogP contribution >= 0.6 is 0 Å². The molecule has 0 saturated heterocycles. The molecule has 1 unspecified atom stereocenters. The molecule has 0 spiro atoms. The molecule has 1 atom stereocenters. The summed E-state index contributed by atoms with van der Waals surface area (Å²) in [7, 11) is 2.13. The topological polar surface area (TPSA) is 12.0 Å². The maximum absolute atomic E-state index is 3.53. The molecule has 1 fully saturated rings. The lowest BCUT2D eigenvalue weighted by atomic mass is 9.84. The van der Waals surface area contributed by atoms with E-state index in [0.717, 1.165) is 5.92 Å². The van der Waals surface area contributed by atoms with Gasteiger partial charge in [-0.2, -0.15) is 0 Å². The highest BCUT2D eigenvalue weighted by Crippen LogP contribution is 2.28. The lowest BCUT2D eigenvalue weighted by Crippen LogP contribution is -2.29. The molecule has 0 bridgehead atoms. The summed E-state index contributed by atoms with van der Waals surface area (Å²) < 4.78 is 0. The maximum atomic E-state index is 3.53. The Morgan fingerprint density at radius 3 is 2.42 bits per heavy atom. The van der Waals surface area contributed by atoms with Crippen LogP contribution in [-0.2, 0) is 6.42 Å². The number of nitrogens with one attached hydrogen (secondary N) is 1. The van der Waals surface area contributed by atoms with Gasteiger partial charge in [0.05, 0.1) is 0 Å². The van der Waals surface area contributed by atoms with Gasteiger partial charge in [-0.1, -0.05) is 61.9 Å². The summed E-state index contributed by atoms with van der Waals surface area (Å²) in [5.41, 5.74) is 2.84. The van der Waals surface area contributed by atoms with E-state index in [1.807, 2.05) is 0 Å². The Labute approximate surface area is 118 Å². The van der Waals surface area contributed by atoms with Gasteiger partial charge in [-0.15, -0.1) is 0 Å². The van der Waals surface area contributed by atoms with Crippen LogP contribution in [0.3, 0.4) is 0 Å². The highest BCUT2D eigenvalue weighted by atomic mass is 14.9. The molecule has 0 aliphatic heterocycles. The molecule has 1 N–H and O–H groups in total. The minimum Gasteiger partial charge on any atom is -0.317 e. The standard InChI is InChI=1S/C18H29N/c1-15-8-10-16(11-9-15)12-13-18(19-2)14-17-6-4-3-5-7-17/h8-11,17-19H,3-7,12-14H2,1-2H3. The molecule has 19 heavy (non-hydrogen) atoms. The van der Waals surface area contributed by atoms with Crippen LogP contribution in [0.1, 0.15) is 56.1 Å². The summed E-state index contributed by atoms with van der Waals surface area (Å²) in [5, 5.41) is 3.53. The van der Waals surface area contributed by atoms with Crippen LogP contribution in [0.25, 0.3) is 0 Å². The van der Waals surface area contributed by atoms with Crippen molar-refractivity contribution in [2.24, 2.45) is 5.92 Å². The fraction of sp³-hybridized carbons (Fsp3) is 0.667. The molecule has 1 heteroatoms. The zero-order chi connectivity index (χ0) is 13.5. The van der Waals surface area contributed by atoms with Crippen LogP contribution < -0.4 is 5.32 Å². The lowest BCUT2D eigenvalue weighted by molar-refractivity contribution is 0.297. The van der Waals surface area contributed by atoms with E-state index in [9.17, 15) is 0 Å². The monoisotopic (exact) mass is 259 g/mol. The molecule has 0 aromatic heterocycles. The van der Waals surface area contributed by atoms with E-state index in [-0.39, 0.29) is 0 Å². The molecule has 1 aliphatic carbocycles. The van der Waals surface area contributed by atoms with Crippen molar-refractivity contribution < 1.29 is 0 Å². The van der Waals surface area contributed by atoms with Crippen molar-refractivity contribution in [3.63, 3.8) is 0 Å². The van der Waals surface area contributed by atoms with Gasteiger partial charge in [0.1, 0.15) is 0 Å². The highest BCUT2D eigenvalue weighted by molar-refractivity contribution is 5.21. The van der Waals surface area contributed by atoms with Crippen LogP contribution in [0.2, 0.25) is 0 Å². The van der Waals surface area contributed by atoms with Crippen LogP contribution in [0, 0.1) is 12.8 Å². The van der Waals surface area contributed by atoms with Gasteiger partial charge < -0.3 is 5.32 Å². The summed E-state index contributed by atoms with van der Waals surface area (Å²) in [4.78, 5) is 0. The fourth-order valence-electron chi connectivity index (χ4n) is 3.30. The van der Waals surface area contributed by atoms with Crippen LogP contribution in [0.4, 0.5) is 0 Å². The van der Waals surface area contributed by atoms with Crippen molar-refractivity contribution in [1.29, 1.82) is 0 Å². The van der Waals surface area contributed by atoms with Crippen molar-refractivity contribution in [2.45, 2.75) is 64.3 Å². The predicted octanol–water partition coefficient (Wildman–Crippen LogP) is 4.49. The first-order valence-corrected chi connectivity index (χ1v) is 8.00. The smallest absolute Gasteiger partial charge is 0.00698 e. The van der Waals surface area contributed by atoms with Gasteiger partial charge in [0.15, 0.2) is 0 Å². The Morgan fingerprint density at radius 2 is 1.79 bits per heavy atom. The second kappa shape index (κ2) is 7.69. The third kappa shape index (κ3) is 4.99. The van der Waals surface area contributed by atoms with Gasteiger partial charge in [0, 0.05) is 6.04 Å². The van der Waals surface area contributed by atoms with Crippen LogP contribution in [0.15, 0.2) is 24.3 Å². The summed E-state index contributed by atoms with van der Waals surface area (Å²) in [6, 6.07) is 9.71. The molecule has 106 valence electrons. The quantitative estimate of drug-likeness (QED) is 0.794. The molecule has 1 saturated carbocycles. The molecular formula is C18H29N. The van der Waals surface area contributed by atoms with Gasteiger partial charge in [0.25, 0.3) is 0 Å². The summed E-state index contributed by atoms with van der Waals surface area (Å²) >= 11 is 0. The molecule has 0 heterocycles. The van der Waals surface area contributed by atoms with Crippen molar-refractivity contribution >= 4 is 0 Å².